The van der Waals surface area contributed by atoms with Gasteiger partial charge in [0.15, 0.2) is 0 Å². The number of hydrogen-bond acceptors (Lipinski definition) is 3. The first kappa shape index (κ1) is 11.6. The lowest BCUT2D eigenvalue weighted by molar-refractivity contribution is 0.0789. The first-order valence-electron chi connectivity index (χ1n) is 4.52. The van der Waals surface area contributed by atoms with E-state index in [0.29, 0.717) is 23.6 Å². The van der Waals surface area contributed by atoms with E-state index in [1.807, 2.05) is 0 Å². The van der Waals surface area contributed by atoms with Crippen molar-refractivity contribution >= 4 is 23.1 Å². The molecule has 1 aromatic rings. The van der Waals surface area contributed by atoms with Crippen LogP contribution in [-0.2, 0) is 7.05 Å². The molecule has 5 nitrogen and oxygen atoms in total. The Balaban J connectivity index is 2.61. The second kappa shape index (κ2) is 4.88. The van der Waals surface area contributed by atoms with Gasteiger partial charge in [0.1, 0.15) is 5.69 Å². The number of rotatable bonds is 4. The van der Waals surface area contributed by atoms with Crippen LogP contribution in [0.25, 0.3) is 0 Å². The second-order valence-electron chi connectivity index (χ2n) is 3.33. The lowest BCUT2D eigenvalue weighted by atomic mass is 10.3. The van der Waals surface area contributed by atoms with Crippen LogP contribution >= 0.6 is 12.2 Å². The molecule has 0 radical (unpaired) electrons. The molecular formula is C9H14N4OS. The minimum Gasteiger partial charge on any atom is -0.393 e. The van der Waals surface area contributed by atoms with Gasteiger partial charge in [-0.3, -0.25) is 4.79 Å². The van der Waals surface area contributed by atoms with Crippen molar-refractivity contribution in [2.24, 2.45) is 12.8 Å². The molecule has 0 aliphatic heterocycles. The second-order valence-corrected chi connectivity index (χ2v) is 3.86. The number of carbonyl (C=O) groups is 1. The smallest absolute Gasteiger partial charge is 0.271 e. The topological polar surface area (TPSA) is 64.2 Å². The molecule has 0 aliphatic rings. The van der Waals surface area contributed by atoms with Crippen LogP contribution in [0.3, 0.4) is 0 Å². The van der Waals surface area contributed by atoms with Gasteiger partial charge in [-0.1, -0.05) is 12.2 Å². The summed E-state index contributed by atoms with van der Waals surface area (Å²) in [5.41, 5.74) is 5.92. The maximum Gasteiger partial charge on any atom is 0.271 e. The molecule has 15 heavy (non-hydrogen) atoms. The average Bonchev–Trinajstić information content (AvgIpc) is 2.59. The number of aromatic nitrogens is 2. The summed E-state index contributed by atoms with van der Waals surface area (Å²) in [6.07, 6.45) is 3.67. The van der Waals surface area contributed by atoms with E-state index in [9.17, 15) is 4.79 Å². The SMILES string of the molecule is CN(CCC(N)=S)C(=O)c1cncn1C. The fourth-order valence-electron chi connectivity index (χ4n) is 1.14. The van der Waals surface area contributed by atoms with Gasteiger partial charge >= 0.3 is 0 Å². The molecule has 0 unspecified atom stereocenters. The number of imidazole rings is 1. The number of carbonyl (C=O) groups excluding carboxylic acids is 1. The lowest BCUT2D eigenvalue weighted by Gasteiger charge is -2.16. The van der Waals surface area contributed by atoms with Crippen LogP contribution in [-0.4, -0.2) is 38.9 Å². The molecule has 0 bridgehead atoms. The van der Waals surface area contributed by atoms with Gasteiger partial charge < -0.3 is 15.2 Å². The van der Waals surface area contributed by atoms with E-state index in [2.05, 4.69) is 4.98 Å². The van der Waals surface area contributed by atoms with Crippen LogP contribution < -0.4 is 5.73 Å². The highest BCUT2D eigenvalue weighted by Crippen LogP contribution is 2.02. The first-order valence-corrected chi connectivity index (χ1v) is 4.93. The van der Waals surface area contributed by atoms with Crippen LogP contribution in [0.2, 0.25) is 0 Å². The molecule has 2 N–H and O–H groups in total. The van der Waals surface area contributed by atoms with Crippen LogP contribution in [0.1, 0.15) is 16.9 Å². The number of amides is 1. The molecule has 82 valence electrons. The summed E-state index contributed by atoms with van der Waals surface area (Å²) in [6, 6.07) is 0. The number of nitrogens with zero attached hydrogens (tertiary/aromatic N) is 3. The van der Waals surface area contributed by atoms with E-state index in [4.69, 9.17) is 18.0 Å². The summed E-state index contributed by atoms with van der Waals surface area (Å²) in [7, 11) is 3.50. The predicted molar refractivity (Wildman–Crippen MR) is 61.6 cm³/mol. The summed E-state index contributed by atoms with van der Waals surface area (Å²) in [5, 5.41) is 0. The van der Waals surface area contributed by atoms with Crippen molar-refractivity contribution in [1.82, 2.24) is 14.5 Å². The Labute approximate surface area is 93.9 Å². The third-order valence-electron chi connectivity index (χ3n) is 2.08. The standard InChI is InChI=1S/C9H14N4OS/c1-12(4-3-8(10)15)9(14)7-5-11-6-13(7)2/h5-6H,3-4H2,1-2H3,(H2,10,15). The molecule has 0 saturated heterocycles. The quantitative estimate of drug-likeness (QED) is 0.743. The number of thiocarbonyl (C=S) groups is 1. The van der Waals surface area contributed by atoms with Gasteiger partial charge in [0, 0.05) is 27.1 Å². The number of aryl methyl sites for hydroxylation is 1. The zero-order chi connectivity index (χ0) is 11.4. The average molecular weight is 226 g/mol. The normalized spacial score (nSPS) is 10.0. The van der Waals surface area contributed by atoms with E-state index in [1.165, 1.54) is 0 Å². The first-order chi connectivity index (χ1) is 7.02. The van der Waals surface area contributed by atoms with E-state index >= 15 is 0 Å². The number of hydrogen-bond donors (Lipinski definition) is 1. The molecule has 0 aliphatic carbocycles. The zero-order valence-electron chi connectivity index (χ0n) is 8.80. The fraction of sp³-hybridized carbons (Fsp3) is 0.444. The van der Waals surface area contributed by atoms with Crippen LogP contribution in [0, 0.1) is 0 Å². The van der Waals surface area contributed by atoms with Crippen molar-refractivity contribution in [2.75, 3.05) is 13.6 Å². The molecule has 0 fully saturated rings. The van der Waals surface area contributed by atoms with Crippen LogP contribution in [0.15, 0.2) is 12.5 Å². The summed E-state index contributed by atoms with van der Waals surface area (Å²) < 4.78 is 1.68. The fourth-order valence-corrected chi connectivity index (χ4v) is 1.23. The predicted octanol–water partition coefficient (Wildman–Crippen LogP) is 0.168. The molecular weight excluding hydrogens is 212 g/mol. The highest BCUT2D eigenvalue weighted by Gasteiger charge is 2.14. The molecule has 1 rings (SSSR count). The van der Waals surface area contributed by atoms with Gasteiger partial charge in [-0.2, -0.15) is 0 Å². The third-order valence-corrected chi connectivity index (χ3v) is 2.28. The molecule has 6 heteroatoms. The summed E-state index contributed by atoms with van der Waals surface area (Å²) in [4.78, 5) is 17.7. The van der Waals surface area contributed by atoms with E-state index in [0.717, 1.165) is 0 Å². The summed E-state index contributed by atoms with van der Waals surface area (Å²) in [5.74, 6) is -0.0775. The zero-order valence-corrected chi connectivity index (χ0v) is 9.62. The molecule has 0 spiro atoms. The molecule has 1 aromatic heterocycles. The minimum atomic E-state index is -0.0775. The molecule has 1 amide bonds. The maximum absolute atomic E-state index is 11.8. The Hall–Kier alpha value is -1.43. The van der Waals surface area contributed by atoms with Crippen LogP contribution in [0.4, 0.5) is 0 Å². The number of nitrogens with two attached hydrogens (primary N) is 1. The maximum atomic E-state index is 11.8. The minimum absolute atomic E-state index is 0.0775. The summed E-state index contributed by atoms with van der Waals surface area (Å²) in [6.45, 7) is 0.527. The van der Waals surface area contributed by atoms with Crippen molar-refractivity contribution < 1.29 is 4.79 Å². The van der Waals surface area contributed by atoms with E-state index in [1.54, 1.807) is 36.1 Å². The monoisotopic (exact) mass is 226 g/mol. The highest BCUT2D eigenvalue weighted by molar-refractivity contribution is 7.80. The van der Waals surface area contributed by atoms with E-state index in [-0.39, 0.29) is 5.91 Å². The van der Waals surface area contributed by atoms with Gasteiger partial charge in [0.2, 0.25) is 0 Å². The Morgan fingerprint density at radius 3 is 2.87 bits per heavy atom. The molecule has 1 heterocycles. The Kier molecular flexibility index (Phi) is 3.79. The van der Waals surface area contributed by atoms with Gasteiger partial charge in [-0.25, -0.2) is 4.98 Å². The van der Waals surface area contributed by atoms with Crippen molar-refractivity contribution in [3.8, 4) is 0 Å². The van der Waals surface area contributed by atoms with Gasteiger partial charge in [0.05, 0.1) is 17.5 Å². The van der Waals surface area contributed by atoms with Gasteiger partial charge in [-0.15, -0.1) is 0 Å². The van der Waals surface area contributed by atoms with Gasteiger partial charge in [0.25, 0.3) is 5.91 Å². The summed E-state index contributed by atoms with van der Waals surface area (Å²) >= 11 is 4.75. The van der Waals surface area contributed by atoms with Crippen molar-refractivity contribution in [3.63, 3.8) is 0 Å². The molecule has 0 atom stereocenters. The Morgan fingerprint density at radius 2 is 2.40 bits per heavy atom. The molecule has 0 saturated carbocycles. The molecule has 0 aromatic carbocycles. The van der Waals surface area contributed by atoms with Crippen molar-refractivity contribution in [3.05, 3.63) is 18.2 Å². The van der Waals surface area contributed by atoms with E-state index < -0.39 is 0 Å². The van der Waals surface area contributed by atoms with Crippen molar-refractivity contribution in [1.29, 1.82) is 0 Å². The Bertz CT molecular complexity index is 374. The van der Waals surface area contributed by atoms with Crippen molar-refractivity contribution in [2.45, 2.75) is 6.42 Å². The van der Waals surface area contributed by atoms with Gasteiger partial charge in [-0.05, 0) is 0 Å². The largest absolute Gasteiger partial charge is 0.393 e. The highest BCUT2D eigenvalue weighted by atomic mass is 32.1. The lowest BCUT2D eigenvalue weighted by Crippen LogP contribution is -2.31. The Morgan fingerprint density at radius 1 is 1.73 bits per heavy atom. The van der Waals surface area contributed by atoms with Crippen LogP contribution in [0.5, 0.6) is 0 Å². The third kappa shape index (κ3) is 3.02.